The Morgan fingerprint density at radius 1 is 0.925 bits per heavy atom. The number of nitrogens with zero attached hydrogens (tertiary/aromatic N) is 4. The van der Waals surface area contributed by atoms with Crippen molar-refractivity contribution in [1.82, 2.24) is 25.1 Å². The van der Waals surface area contributed by atoms with Crippen LogP contribution in [0.15, 0.2) is 102 Å². The molecule has 5 aromatic rings. The fourth-order valence-electron chi connectivity index (χ4n) is 4.20. The maximum absolute atomic E-state index is 13.1. The second-order valence-electron chi connectivity index (χ2n) is 9.04. The van der Waals surface area contributed by atoms with Gasteiger partial charge in [0.1, 0.15) is 0 Å². The molecule has 5 rings (SSSR count). The fraction of sp³-hybridized carbons (Fsp3) is 0.133. The fourth-order valence-corrected chi connectivity index (χ4v) is 5.15. The summed E-state index contributed by atoms with van der Waals surface area (Å²) in [5, 5.41) is 12.3. The van der Waals surface area contributed by atoms with Crippen molar-refractivity contribution in [3.05, 3.63) is 125 Å². The Hall–Kier alpha value is -4.44. The van der Waals surface area contributed by atoms with Gasteiger partial charge in [-0.2, -0.15) is 13.2 Å². The molecule has 0 aliphatic carbocycles. The maximum atomic E-state index is 13.1. The highest BCUT2D eigenvalue weighted by Gasteiger charge is 2.30. The summed E-state index contributed by atoms with van der Waals surface area (Å²) in [5.74, 6) is 0.724. The number of halogens is 3. The van der Waals surface area contributed by atoms with E-state index in [-0.39, 0.29) is 12.5 Å². The monoisotopic (exact) mass is 559 g/mol. The van der Waals surface area contributed by atoms with E-state index < -0.39 is 11.7 Å². The van der Waals surface area contributed by atoms with Crippen LogP contribution in [0.2, 0.25) is 0 Å². The minimum atomic E-state index is -4.44. The highest BCUT2D eigenvalue weighted by molar-refractivity contribution is 7.98. The average molecular weight is 560 g/mol. The number of nitrogens with one attached hydrogen (secondary N) is 1. The minimum Gasteiger partial charge on any atom is -0.348 e. The summed E-state index contributed by atoms with van der Waals surface area (Å²) in [6.07, 6.45) is -1.04. The summed E-state index contributed by atoms with van der Waals surface area (Å²) in [6, 6.07) is 23.8. The molecule has 202 valence electrons. The van der Waals surface area contributed by atoms with E-state index in [0.29, 0.717) is 27.9 Å². The van der Waals surface area contributed by atoms with Gasteiger partial charge < -0.3 is 5.32 Å². The largest absolute Gasteiger partial charge is 0.416 e. The van der Waals surface area contributed by atoms with Crippen molar-refractivity contribution in [3.63, 3.8) is 0 Å². The molecule has 1 amide bonds. The lowest BCUT2D eigenvalue weighted by Gasteiger charge is -2.13. The van der Waals surface area contributed by atoms with E-state index in [1.807, 2.05) is 60.0 Å². The second kappa shape index (κ2) is 11.7. The van der Waals surface area contributed by atoms with Gasteiger partial charge in [-0.25, -0.2) is 0 Å². The first-order valence-corrected chi connectivity index (χ1v) is 13.4. The van der Waals surface area contributed by atoms with Gasteiger partial charge in [0.2, 0.25) is 0 Å². The first kappa shape index (κ1) is 27.1. The maximum Gasteiger partial charge on any atom is 0.416 e. The molecular formula is C30H24F3N5OS. The van der Waals surface area contributed by atoms with Crippen molar-refractivity contribution in [1.29, 1.82) is 0 Å². The molecule has 0 bridgehead atoms. The molecule has 0 saturated heterocycles. The van der Waals surface area contributed by atoms with Crippen LogP contribution >= 0.6 is 11.8 Å². The van der Waals surface area contributed by atoms with E-state index in [0.717, 1.165) is 34.5 Å². The molecule has 0 saturated carbocycles. The third-order valence-electron chi connectivity index (χ3n) is 6.16. The number of alkyl halides is 3. The van der Waals surface area contributed by atoms with E-state index in [2.05, 4.69) is 20.5 Å². The third-order valence-corrected chi connectivity index (χ3v) is 7.14. The standard InChI is InChI=1S/C30H24F3N5OS/c1-20-6-4-10-25(16-20)38-27(22-12-14-34-15-13-22)36-37-29(38)40-19-23-8-2-3-11-26(23)28(39)35-18-21-7-5-9-24(17-21)30(31,32)33/h2-17H,18-19H2,1H3,(H,35,39). The summed E-state index contributed by atoms with van der Waals surface area (Å²) >= 11 is 1.44. The average Bonchev–Trinajstić information content (AvgIpc) is 3.39. The SMILES string of the molecule is Cc1cccc(-n2c(SCc3ccccc3C(=O)NCc3cccc(C(F)(F)F)c3)nnc2-c2ccncc2)c1. The summed E-state index contributed by atoms with van der Waals surface area (Å²) < 4.78 is 41.2. The van der Waals surface area contributed by atoms with Crippen LogP contribution in [-0.4, -0.2) is 25.7 Å². The number of hydrogen-bond donors (Lipinski definition) is 1. The number of carbonyl (C=O) groups is 1. The number of hydrogen-bond acceptors (Lipinski definition) is 5. The third kappa shape index (κ3) is 6.23. The molecule has 6 nitrogen and oxygen atoms in total. The molecule has 2 heterocycles. The zero-order chi connectivity index (χ0) is 28.1. The van der Waals surface area contributed by atoms with Crippen molar-refractivity contribution in [3.8, 4) is 17.1 Å². The number of aromatic nitrogens is 4. The molecule has 3 aromatic carbocycles. The quantitative estimate of drug-likeness (QED) is 0.210. The molecule has 1 N–H and O–H groups in total. The van der Waals surface area contributed by atoms with E-state index in [1.165, 1.54) is 17.8 Å². The van der Waals surface area contributed by atoms with Crippen molar-refractivity contribution in [2.24, 2.45) is 0 Å². The van der Waals surface area contributed by atoms with Crippen LogP contribution in [-0.2, 0) is 18.5 Å². The van der Waals surface area contributed by atoms with Crippen molar-refractivity contribution in [2.75, 3.05) is 0 Å². The van der Waals surface area contributed by atoms with Crippen molar-refractivity contribution in [2.45, 2.75) is 30.6 Å². The van der Waals surface area contributed by atoms with Gasteiger partial charge in [0, 0.05) is 41.5 Å². The number of pyridine rings is 1. The summed E-state index contributed by atoms with van der Waals surface area (Å²) in [6.45, 7) is 1.99. The Bertz CT molecular complexity index is 1640. The lowest BCUT2D eigenvalue weighted by molar-refractivity contribution is -0.137. The summed E-state index contributed by atoms with van der Waals surface area (Å²) in [7, 11) is 0. The molecule has 40 heavy (non-hydrogen) atoms. The number of rotatable bonds is 8. The van der Waals surface area contributed by atoms with Crippen LogP contribution in [0.3, 0.4) is 0 Å². The van der Waals surface area contributed by atoms with Gasteiger partial charge >= 0.3 is 6.18 Å². The molecule has 0 radical (unpaired) electrons. The molecule has 0 unspecified atom stereocenters. The smallest absolute Gasteiger partial charge is 0.348 e. The Labute approximate surface area is 233 Å². The molecule has 10 heteroatoms. The topological polar surface area (TPSA) is 72.7 Å². The Morgan fingerprint density at radius 2 is 1.70 bits per heavy atom. The van der Waals surface area contributed by atoms with Crippen molar-refractivity contribution < 1.29 is 18.0 Å². The Morgan fingerprint density at radius 3 is 2.48 bits per heavy atom. The van der Waals surface area contributed by atoms with E-state index in [4.69, 9.17) is 0 Å². The van der Waals surface area contributed by atoms with Crippen LogP contribution in [0.25, 0.3) is 17.1 Å². The normalized spacial score (nSPS) is 11.4. The predicted octanol–water partition coefficient (Wildman–Crippen LogP) is 6.88. The number of amides is 1. The molecule has 0 atom stereocenters. The van der Waals surface area contributed by atoms with Gasteiger partial charge in [0.15, 0.2) is 11.0 Å². The highest BCUT2D eigenvalue weighted by Crippen LogP contribution is 2.31. The molecule has 0 aliphatic rings. The molecular weight excluding hydrogens is 535 g/mol. The van der Waals surface area contributed by atoms with Crippen molar-refractivity contribution >= 4 is 17.7 Å². The zero-order valence-corrected chi connectivity index (χ0v) is 22.2. The van der Waals surface area contributed by atoms with E-state index >= 15 is 0 Å². The van der Waals surface area contributed by atoms with E-state index in [9.17, 15) is 18.0 Å². The molecule has 0 aliphatic heterocycles. The molecule has 2 aromatic heterocycles. The van der Waals surface area contributed by atoms with Crippen LogP contribution in [0.5, 0.6) is 0 Å². The van der Waals surface area contributed by atoms with Gasteiger partial charge in [0.25, 0.3) is 5.91 Å². The van der Waals surface area contributed by atoms with Crippen LogP contribution in [0, 0.1) is 6.92 Å². The summed E-state index contributed by atoms with van der Waals surface area (Å²) in [5.41, 5.74) is 3.68. The lowest BCUT2D eigenvalue weighted by Crippen LogP contribution is -2.24. The number of benzene rings is 3. The van der Waals surface area contributed by atoms with Gasteiger partial charge in [-0.15, -0.1) is 10.2 Å². The zero-order valence-electron chi connectivity index (χ0n) is 21.4. The number of thioether (sulfide) groups is 1. The molecule has 0 spiro atoms. The lowest BCUT2D eigenvalue weighted by atomic mass is 10.1. The Balaban J connectivity index is 1.37. The van der Waals surface area contributed by atoms with Gasteiger partial charge in [-0.3, -0.25) is 14.3 Å². The van der Waals surface area contributed by atoms with Gasteiger partial charge in [0.05, 0.1) is 5.56 Å². The number of aryl methyl sites for hydroxylation is 1. The van der Waals surface area contributed by atoms with Crippen LogP contribution in [0.1, 0.15) is 32.6 Å². The first-order valence-electron chi connectivity index (χ1n) is 12.4. The van der Waals surface area contributed by atoms with Gasteiger partial charge in [-0.05, 0) is 66.1 Å². The van der Waals surface area contributed by atoms with Crippen LogP contribution < -0.4 is 5.32 Å². The minimum absolute atomic E-state index is 0.0266. The Kier molecular flexibility index (Phi) is 7.97. The predicted molar refractivity (Wildman–Crippen MR) is 148 cm³/mol. The number of carbonyl (C=O) groups excluding carboxylic acids is 1. The summed E-state index contributed by atoms with van der Waals surface area (Å²) in [4.78, 5) is 17.2. The second-order valence-corrected chi connectivity index (χ2v) is 9.99. The van der Waals surface area contributed by atoms with Gasteiger partial charge in [-0.1, -0.05) is 54.2 Å². The van der Waals surface area contributed by atoms with E-state index in [1.54, 1.807) is 30.6 Å². The van der Waals surface area contributed by atoms with Crippen LogP contribution in [0.4, 0.5) is 13.2 Å². The first-order chi connectivity index (χ1) is 19.3. The molecule has 0 fully saturated rings. The highest BCUT2D eigenvalue weighted by atomic mass is 32.2.